The molecular formula is C20H26N4O2S. The molecule has 1 amide bonds. The summed E-state index contributed by atoms with van der Waals surface area (Å²) in [6, 6.07) is 6.83. The highest BCUT2D eigenvalue weighted by Crippen LogP contribution is 2.34. The number of nitrogens with zero attached hydrogens (tertiary/aromatic N) is 1. The van der Waals surface area contributed by atoms with E-state index in [1.54, 1.807) is 25.9 Å². The number of H-pyrrole nitrogens is 1. The zero-order valence-electron chi connectivity index (χ0n) is 15.8. The largest absolute Gasteiger partial charge is 0.497 e. The maximum atomic E-state index is 11.6. The van der Waals surface area contributed by atoms with Crippen LogP contribution in [0.1, 0.15) is 37.8 Å². The average molecular weight is 387 g/mol. The summed E-state index contributed by atoms with van der Waals surface area (Å²) in [4.78, 5) is 19.9. The van der Waals surface area contributed by atoms with E-state index in [9.17, 15) is 4.79 Å². The van der Waals surface area contributed by atoms with Crippen LogP contribution in [0.3, 0.4) is 0 Å². The Hall–Kier alpha value is -2.15. The van der Waals surface area contributed by atoms with Gasteiger partial charge < -0.3 is 20.4 Å². The molecule has 144 valence electrons. The Bertz CT molecular complexity index is 870. The number of thioether (sulfide) groups is 1. The molecule has 6 nitrogen and oxygen atoms in total. The van der Waals surface area contributed by atoms with Gasteiger partial charge in [-0.3, -0.25) is 9.79 Å². The zero-order valence-corrected chi connectivity index (χ0v) is 16.6. The van der Waals surface area contributed by atoms with E-state index in [0.717, 1.165) is 38.8 Å². The third kappa shape index (κ3) is 3.93. The molecule has 2 aromatic rings. The number of nitrogens with one attached hydrogen (secondary N) is 3. The Kier molecular flexibility index (Phi) is 5.29. The molecule has 1 fully saturated rings. The molecule has 4 rings (SSSR count). The average Bonchev–Trinajstić information content (AvgIpc) is 3.41. The van der Waals surface area contributed by atoms with Crippen LogP contribution in [0.2, 0.25) is 0 Å². The molecule has 0 bridgehead atoms. The van der Waals surface area contributed by atoms with E-state index in [-0.39, 0.29) is 11.9 Å². The highest BCUT2D eigenvalue weighted by atomic mass is 32.2. The Balaban J connectivity index is 1.63. The molecule has 7 heteroatoms. The molecule has 1 aromatic carbocycles. The van der Waals surface area contributed by atoms with Crippen molar-refractivity contribution < 1.29 is 9.53 Å². The fourth-order valence-corrected chi connectivity index (χ4v) is 4.87. The van der Waals surface area contributed by atoms with Gasteiger partial charge in [0.15, 0.2) is 0 Å². The molecule has 3 N–H and O–H groups in total. The topological polar surface area (TPSA) is 78.5 Å². The molecule has 27 heavy (non-hydrogen) atoms. The summed E-state index contributed by atoms with van der Waals surface area (Å²) >= 11 is 1.71. The van der Waals surface area contributed by atoms with Crippen LogP contribution in [-0.2, 0) is 4.79 Å². The quantitative estimate of drug-likeness (QED) is 0.710. The molecule has 2 heterocycles. The second kappa shape index (κ2) is 7.84. The van der Waals surface area contributed by atoms with Gasteiger partial charge in [0.1, 0.15) is 10.8 Å². The summed E-state index contributed by atoms with van der Waals surface area (Å²) in [6.45, 7) is 0. The van der Waals surface area contributed by atoms with Crippen molar-refractivity contribution in [3.05, 3.63) is 23.9 Å². The van der Waals surface area contributed by atoms with E-state index in [1.807, 2.05) is 0 Å². The Morgan fingerprint density at radius 1 is 1.33 bits per heavy atom. The number of carbonyl (C=O) groups is 1. The molecule has 1 aliphatic carbocycles. The van der Waals surface area contributed by atoms with Crippen LogP contribution in [0, 0.1) is 0 Å². The van der Waals surface area contributed by atoms with E-state index >= 15 is 0 Å². The van der Waals surface area contributed by atoms with Gasteiger partial charge >= 0.3 is 0 Å². The summed E-state index contributed by atoms with van der Waals surface area (Å²) in [5.41, 5.74) is 3.20. The lowest BCUT2D eigenvalue weighted by Gasteiger charge is -2.15. The highest BCUT2D eigenvalue weighted by molar-refractivity contribution is 8.14. The minimum absolute atomic E-state index is 0.0371. The lowest BCUT2D eigenvalue weighted by atomic mass is 10.1. The molecular weight excluding hydrogens is 360 g/mol. The second-order valence-electron chi connectivity index (χ2n) is 7.22. The van der Waals surface area contributed by atoms with E-state index in [2.05, 4.69) is 33.8 Å². The predicted octanol–water partition coefficient (Wildman–Crippen LogP) is 3.53. The number of aliphatic imine (C=N–C) groups is 1. The fraction of sp³-hybridized carbons (Fsp3) is 0.500. The second-order valence-corrected chi connectivity index (χ2v) is 8.23. The summed E-state index contributed by atoms with van der Waals surface area (Å²) < 4.78 is 5.50. The van der Waals surface area contributed by atoms with Crippen molar-refractivity contribution in [2.75, 3.05) is 25.2 Å². The lowest BCUT2D eigenvalue weighted by Crippen LogP contribution is -2.23. The van der Waals surface area contributed by atoms with Gasteiger partial charge in [-0.25, -0.2) is 0 Å². The Labute approximate surface area is 163 Å². The molecule has 1 aliphatic heterocycles. The standard InChI is InChI=1S/C20H26N4O2S/c1-21-18(25)9-14-11-27-20(23-14)17-8-12-7-15(26-2)10-16(19(12)24-17)22-13-5-3-4-6-13/h7-8,10,13-14,22,24H,3-6,9,11H2,1-2H3,(H,21,25). The minimum Gasteiger partial charge on any atom is -0.497 e. The van der Waals surface area contributed by atoms with Gasteiger partial charge in [-0.2, -0.15) is 0 Å². The first-order chi connectivity index (χ1) is 13.2. The maximum Gasteiger partial charge on any atom is 0.221 e. The first kappa shape index (κ1) is 18.2. The van der Waals surface area contributed by atoms with Gasteiger partial charge in [-0.15, -0.1) is 11.8 Å². The number of hydrogen-bond acceptors (Lipinski definition) is 5. The third-order valence-corrected chi connectivity index (χ3v) is 6.45. The van der Waals surface area contributed by atoms with Crippen LogP contribution in [0.25, 0.3) is 10.9 Å². The number of fused-ring (bicyclic) bond motifs is 1. The minimum atomic E-state index is 0.0371. The smallest absolute Gasteiger partial charge is 0.221 e. The molecule has 0 radical (unpaired) electrons. The van der Waals surface area contributed by atoms with Crippen molar-refractivity contribution in [3.8, 4) is 5.75 Å². The normalized spacial score (nSPS) is 20.1. The number of hydrogen-bond donors (Lipinski definition) is 3. The van der Waals surface area contributed by atoms with E-state index in [1.165, 1.54) is 25.7 Å². The zero-order chi connectivity index (χ0) is 18.8. The number of amides is 1. The Morgan fingerprint density at radius 2 is 2.15 bits per heavy atom. The molecule has 0 spiro atoms. The first-order valence-electron chi connectivity index (χ1n) is 9.55. The monoisotopic (exact) mass is 386 g/mol. The van der Waals surface area contributed by atoms with Crippen molar-refractivity contribution >= 4 is 39.3 Å². The number of benzene rings is 1. The highest BCUT2D eigenvalue weighted by Gasteiger charge is 2.23. The summed E-state index contributed by atoms with van der Waals surface area (Å²) in [6.07, 6.45) is 5.46. The molecule has 2 aliphatic rings. The van der Waals surface area contributed by atoms with Crippen molar-refractivity contribution in [2.45, 2.75) is 44.2 Å². The fourth-order valence-electron chi connectivity index (χ4n) is 3.84. The van der Waals surface area contributed by atoms with E-state index in [0.29, 0.717) is 12.5 Å². The van der Waals surface area contributed by atoms with Crippen molar-refractivity contribution in [3.63, 3.8) is 0 Å². The number of aromatic nitrogens is 1. The van der Waals surface area contributed by atoms with Gasteiger partial charge in [0, 0.05) is 36.7 Å². The predicted molar refractivity (Wildman–Crippen MR) is 112 cm³/mol. The maximum absolute atomic E-state index is 11.6. The number of anilines is 1. The molecule has 1 atom stereocenters. The summed E-state index contributed by atoms with van der Waals surface area (Å²) in [5.74, 6) is 1.73. The number of rotatable bonds is 6. The number of aromatic amines is 1. The van der Waals surface area contributed by atoms with E-state index in [4.69, 9.17) is 9.73 Å². The van der Waals surface area contributed by atoms with E-state index < -0.39 is 0 Å². The van der Waals surface area contributed by atoms with Crippen molar-refractivity contribution in [2.24, 2.45) is 4.99 Å². The lowest BCUT2D eigenvalue weighted by molar-refractivity contribution is -0.120. The summed E-state index contributed by atoms with van der Waals surface area (Å²) in [7, 11) is 3.37. The molecule has 1 aromatic heterocycles. The van der Waals surface area contributed by atoms with Gasteiger partial charge in [0.25, 0.3) is 0 Å². The Morgan fingerprint density at radius 3 is 2.89 bits per heavy atom. The van der Waals surface area contributed by atoms with Crippen LogP contribution in [-0.4, -0.2) is 47.9 Å². The third-order valence-electron chi connectivity index (χ3n) is 5.29. The van der Waals surface area contributed by atoms with Crippen molar-refractivity contribution in [1.82, 2.24) is 10.3 Å². The van der Waals surface area contributed by atoms with Crippen LogP contribution in [0.4, 0.5) is 5.69 Å². The van der Waals surface area contributed by atoms with Gasteiger partial charge in [-0.05, 0) is 25.0 Å². The van der Waals surface area contributed by atoms with Crippen LogP contribution in [0.15, 0.2) is 23.2 Å². The van der Waals surface area contributed by atoms with Crippen LogP contribution in [0.5, 0.6) is 5.75 Å². The van der Waals surface area contributed by atoms with Gasteiger partial charge in [-0.1, -0.05) is 12.8 Å². The number of ether oxygens (including phenoxy) is 1. The molecule has 0 saturated heterocycles. The number of methoxy groups -OCH3 is 1. The first-order valence-corrected chi connectivity index (χ1v) is 10.5. The van der Waals surface area contributed by atoms with Crippen LogP contribution < -0.4 is 15.4 Å². The van der Waals surface area contributed by atoms with Crippen LogP contribution >= 0.6 is 11.8 Å². The van der Waals surface area contributed by atoms with Gasteiger partial charge in [0.05, 0.1) is 30.0 Å². The molecule has 1 saturated carbocycles. The molecule has 1 unspecified atom stereocenters. The summed E-state index contributed by atoms with van der Waals surface area (Å²) in [5, 5.41) is 8.46. The number of carbonyl (C=O) groups excluding carboxylic acids is 1. The van der Waals surface area contributed by atoms with Crippen molar-refractivity contribution in [1.29, 1.82) is 0 Å². The SMILES string of the molecule is CNC(=O)CC1CSC(c2cc3cc(OC)cc(NC4CCCC4)c3[nH]2)=N1. The van der Waals surface area contributed by atoms with Gasteiger partial charge in [0.2, 0.25) is 5.91 Å².